The number of carbonyl (C=O) groups excluding carboxylic acids is 1. The topological polar surface area (TPSA) is 54.0 Å². The summed E-state index contributed by atoms with van der Waals surface area (Å²) in [4.78, 5) is 16.7. The summed E-state index contributed by atoms with van der Waals surface area (Å²) < 4.78 is 0. The number of amides is 1. The van der Waals surface area contributed by atoms with Crippen LogP contribution in [0.5, 0.6) is 0 Å². The van der Waals surface area contributed by atoms with Gasteiger partial charge in [0.15, 0.2) is 0 Å². The van der Waals surface area contributed by atoms with E-state index in [4.69, 9.17) is 0 Å². The number of carbonyl (C=O) groups is 1. The van der Waals surface area contributed by atoms with E-state index in [0.29, 0.717) is 12.5 Å². The molecule has 0 spiro atoms. The molecule has 1 amide bonds. The Labute approximate surface area is 142 Å². The number of aromatic nitrogens is 1. The summed E-state index contributed by atoms with van der Waals surface area (Å²) in [7, 11) is 0. The SMILES string of the molecule is Cl.Cl.O=C(CC1CCCN1)NC1(c2nccs2)CCCC1. The van der Waals surface area contributed by atoms with E-state index in [-0.39, 0.29) is 36.3 Å². The van der Waals surface area contributed by atoms with Crippen LogP contribution in [0.1, 0.15) is 50.0 Å². The molecule has 2 heterocycles. The fourth-order valence-corrected chi connectivity index (χ4v) is 4.16. The van der Waals surface area contributed by atoms with E-state index in [1.165, 1.54) is 19.3 Å². The molecule has 7 heteroatoms. The molecule has 2 N–H and O–H groups in total. The Balaban J connectivity index is 0.00000110. The summed E-state index contributed by atoms with van der Waals surface area (Å²) in [6.45, 7) is 1.05. The number of nitrogens with zero attached hydrogens (tertiary/aromatic N) is 1. The second-order valence-corrected chi connectivity index (χ2v) is 6.57. The first-order valence-electron chi connectivity index (χ1n) is 7.23. The predicted octanol–water partition coefficient (Wildman–Crippen LogP) is 3.01. The molecule has 1 aromatic heterocycles. The first kappa shape index (κ1) is 18.7. The molecule has 1 saturated heterocycles. The minimum absolute atomic E-state index is 0. The molecule has 4 nitrogen and oxygen atoms in total. The smallest absolute Gasteiger partial charge is 0.222 e. The predicted molar refractivity (Wildman–Crippen MR) is 90.5 cm³/mol. The number of hydrogen-bond donors (Lipinski definition) is 2. The van der Waals surface area contributed by atoms with Gasteiger partial charge in [-0.25, -0.2) is 4.98 Å². The molecule has 120 valence electrons. The Morgan fingerprint density at radius 2 is 2.14 bits per heavy atom. The van der Waals surface area contributed by atoms with Crippen LogP contribution in [0.25, 0.3) is 0 Å². The van der Waals surface area contributed by atoms with E-state index < -0.39 is 0 Å². The van der Waals surface area contributed by atoms with Gasteiger partial charge in [-0.1, -0.05) is 12.8 Å². The first-order valence-corrected chi connectivity index (χ1v) is 8.11. The third-order valence-electron chi connectivity index (χ3n) is 4.27. The van der Waals surface area contributed by atoms with Gasteiger partial charge in [0.05, 0.1) is 5.54 Å². The quantitative estimate of drug-likeness (QED) is 0.876. The van der Waals surface area contributed by atoms with Crippen molar-refractivity contribution >= 4 is 42.1 Å². The standard InChI is InChI=1S/C14H21N3OS.2ClH/c18-12(10-11-4-3-7-15-11)17-14(5-1-2-6-14)13-16-8-9-19-13;;/h8-9,11,15H,1-7,10H2,(H,17,18);2*1H. The van der Waals surface area contributed by atoms with Crippen molar-refractivity contribution in [3.05, 3.63) is 16.6 Å². The minimum Gasteiger partial charge on any atom is -0.344 e. The third-order valence-corrected chi connectivity index (χ3v) is 5.25. The number of hydrogen-bond acceptors (Lipinski definition) is 4. The van der Waals surface area contributed by atoms with Crippen molar-refractivity contribution in [2.75, 3.05) is 6.54 Å². The van der Waals surface area contributed by atoms with E-state index >= 15 is 0 Å². The monoisotopic (exact) mass is 351 g/mol. The van der Waals surface area contributed by atoms with Crippen molar-refractivity contribution in [1.82, 2.24) is 15.6 Å². The van der Waals surface area contributed by atoms with Crippen LogP contribution in [0, 0.1) is 0 Å². The summed E-state index contributed by atoms with van der Waals surface area (Å²) in [5.74, 6) is 0.177. The number of rotatable bonds is 4. The molecular formula is C14H23Cl2N3OS. The summed E-state index contributed by atoms with van der Waals surface area (Å²) in [6, 6.07) is 0.370. The molecule has 2 fully saturated rings. The lowest BCUT2D eigenvalue weighted by molar-refractivity contribution is -0.123. The van der Waals surface area contributed by atoms with Crippen LogP contribution in [0.2, 0.25) is 0 Å². The zero-order valence-corrected chi connectivity index (χ0v) is 14.4. The van der Waals surface area contributed by atoms with Gasteiger partial charge in [0.2, 0.25) is 5.91 Å². The zero-order chi connectivity index (χ0) is 13.1. The molecule has 2 aliphatic rings. The van der Waals surface area contributed by atoms with E-state index in [0.717, 1.165) is 30.8 Å². The molecule has 3 rings (SSSR count). The van der Waals surface area contributed by atoms with Gasteiger partial charge >= 0.3 is 0 Å². The average molecular weight is 352 g/mol. The van der Waals surface area contributed by atoms with Crippen molar-refractivity contribution in [2.24, 2.45) is 0 Å². The summed E-state index contributed by atoms with van der Waals surface area (Å²) in [5.41, 5.74) is -0.177. The fraction of sp³-hybridized carbons (Fsp3) is 0.714. The number of halogens is 2. The molecule has 1 saturated carbocycles. The summed E-state index contributed by atoms with van der Waals surface area (Å²) in [5, 5.41) is 9.76. The van der Waals surface area contributed by atoms with Crippen molar-refractivity contribution in [3.63, 3.8) is 0 Å². The Hall–Kier alpha value is -0.360. The molecule has 1 atom stereocenters. The maximum Gasteiger partial charge on any atom is 0.222 e. The second kappa shape index (κ2) is 8.32. The van der Waals surface area contributed by atoms with Crippen molar-refractivity contribution < 1.29 is 4.79 Å². The van der Waals surface area contributed by atoms with Gasteiger partial charge in [0.1, 0.15) is 5.01 Å². The van der Waals surface area contributed by atoms with Gasteiger partial charge in [0, 0.05) is 24.0 Å². The molecule has 1 unspecified atom stereocenters. The lowest BCUT2D eigenvalue weighted by Crippen LogP contribution is -2.45. The molecule has 0 bridgehead atoms. The van der Waals surface area contributed by atoms with Crippen LogP contribution in [-0.4, -0.2) is 23.5 Å². The van der Waals surface area contributed by atoms with Gasteiger partial charge in [-0.15, -0.1) is 36.2 Å². The van der Waals surface area contributed by atoms with Crippen LogP contribution in [0.4, 0.5) is 0 Å². The van der Waals surface area contributed by atoms with Crippen molar-refractivity contribution in [2.45, 2.75) is 56.5 Å². The van der Waals surface area contributed by atoms with Gasteiger partial charge in [-0.3, -0.25) is 4.79 Å². The van der Waals surface area contributed by atoms with Gasteiger partial charge in [-0.2, -0.15) is 0 Å². The molecule has 21 heavy (non-hydrogen) atoms. The first-order chi connectivity index (χ1) is 9.28. The van der Waals surface area contributed by atoms with E-state index in [1.54, 1.807) is 11.3 Å². The van der Waals surface area contributed by atoms with Gasteiger partial charge in [0.25, 0.3) is 0 Å². The highest BCUT2D eigenvalue weighted by molar-refractivity contribution is 7.09. The lowest BCUT2D eigenvalue weighted by atomic mass is 9.97. The zero-order valence-electron chi connectivity index (χ0n) is 12.0. The number of thiazole rings is 1. The molecule has 1 aliphatic heterocycles. The average Bonchev–Trinajstić information content (AvgIpc) is 3.11. The van der Waals surface area contributed by atoms with Crippen molar-refractivity contribution in [1.29, 1.82) is 0 Å². The van der Waals surface area contributed by atoms with E-state index in [9.17, 15) is 4.79 Å². The van der Waals surface area contributed by atoms with E-state index in [1.807, 2.05) is 11.6 Å². The Kier molecular flexibility index (Phi) is 7.40. The van der Waals surface area contributed by atoms with Crippen LogP contribution in [-0.2, 0) is 10.3 Å². The highest BCUT2D eigenvalue weighted by atomic mass is 35.5. The summed E-state index contributed by atoms with van der Waals surface area (Å²) in [6.07, 6.45) is 9.18. The maximum atomic E-state index is 12.3. The summed E-state index contributed by atoms with van der Waals surface area (Å²) >= 11 is 1.66. The largest absolute Gasteiger partial charge is 0.344 e. The van der Waals surface area contributed by atoms with Crippen molar-refractivity contribution in [3.8, 4) is 0 Å². The number of nitrogens with one attached hydrogen (secondary N) is 2. The highest BCUT2D eigenvalue weighted by Gasteiger charge is 2.39. The highest BCUT2D eigenvalue weighted by Crippen LogP contribution is 2.39. The van der Waals surface area contributed by atoms with Crippen LogP contribution < -0.4 is 10.6 Å². The molecule has 1 aromatic rings. The maximum absolute atomic E-state index is 12.3. The second-order valence-electron chi connectivity index (χ2n) is 5.67. The van der Waals surface area contributed by atoms with Crippen LogP contribution in [0.15, 0.2) is 11.6 Å². The van der Waals surface area contributed by atoms with Crippen LogP contribution >= 0.6 is 36.2 Å². The van der Waals surface area contributed by atoms with Gasteiger partial charge in [-0.05, 0) is 32.2 Å². The molecule has 0 aromatic carbocycles. The van der Waals surface area contributed by atoms with E-state index in [2.05, 4.69) is 15.6 Å². The third kappa shape index (κ3) is 4.31. The lowest BCUT2D eigenvalue weighted by Gasteiger charge is -2.28. The molecule has 0 radical (unpaired) electrons. The molecule has 1 aliphatic carbocycles. The van der Waals surface area contributed by atoms with Crippen LogP contribution in [0.3, 0.4) is 0 Å². The Bertz CT molecular complexity index is 429. The Morgan fingerprint density at radius 1 is 1.38 bits per heavy atom. The Morgan fingerprint density at radius 3 is 2.71 bits per heavy atom. The molecular weight excluding hydrogens is 329 g/mol. The minimum atomic E-state index is -0.177. The fourth-order valence-electron chi connectivity index (χ4n) is 3.30. The van der Waals surface area contributed by atoms with Gasteiger partial charge < -0.3 is 10.6 Å². The normalized spacial score (nSPS) is 23.1.